The van der Waals surface area contributed by atoms with Crippen molar-refractivity contribution in [2.45, 2.75) is 232 Å². The minimum Gasteiger partial charge on any atom is -0.458 e. The summed E-state index contributed by atoms with van der Waals surface area (Å²) in [6.07, 6.45) is 59.6. The van der Waals surface area contributed by atoms with Crippen LogP contribution in [0.25, 0.3) is 0 Å². The smallest absolute Gasteiger partial charge is 0.306 e. The molecule has 0 heterocycles. The van der Waals surface area contributed by atoms with E-state index in [4.69, 9.17) is 4.74 Å². The number of amides is 1. The van der Waals surface area contributed by atoms with Crippen molar-refractivity contribution in [3.63, 3.8) is 0 Å². The summed E-state index contributed by atoms with van der Waals surface area (Å²) in [5.41, 5.74) is 0. The van der Waals surface area contributed by atoms with Crippen molar-refractivity contribution in [3.8, 4) is 0 Å². The molecule has 0 spiro atoms. The quantitative estimate of drug-likeness (QED) is 0.0324. The lowest BCUT2D eigenvalue weighted by Crippen LogP contribution is -2.46. The zero-order valence-electron chi connectivity index (χ0n) is 38.4. The first kappa shape index (κ1) is 56.0. The molecule has 0 aliphatic heterocycles. The summed E-state index contributed by atoms with van der Waals surface area (Å²) in [4.78, 5) is 26.0. The number of aliphatic hydroxyl groups excluding tert-OH is 2. The SMILES string of the molecule is CC/C=C\C/C=C\C/C=C\C/C=C\C/C=C\CCCC(=O)OC(/C=C/C/C=C\CCCCCCCC)CC(=O)NC(CO)C(O)CCCCCCCCCCCCCC. The summed E-state index contributed by atoms with van der Waals surface area (Å²) in [5.74, 6) is -0.679. The van der Waals surface area contributed by atoms with Crippen LogP contribution in [0.3, 0.4) is 0 Å². The van der Waals surface area contributed by atoms with Gasteiger partial charge in [0.25, 0.3) is 0 Å². The molecular formula is C53H91NO5. The Labute approximate surface area is 363 Å². The molecule has 0 aromatic heterocycles. The van der Waals surface area contributed by atoms with Gasteiger partial charge >= 0.3 is 5.97 Å². The van der Waals surface area contributed by atoms with E-state index in [1.54, 1.807) is 6.08 Å². The number of hydrogen-bond donors (Lipinski definition) is 3. The summed E-state index contributed by atoms with van der Waals surface area (Å²) >= 11 is 0. The topological polar surface area (TPSA) is 95.9 Å². The van der Waals surface area contributed by atoms with Crippen LogP contribution in [0.1, 0.15) is 213 Å². The molecule has 0 aromatic rings. The lowest BCUT2D eigenvalue weighted by molar-refractivity contribution is -0.148. The number of ether oxygens (including phenoxy) is 1. The van der Waals surface area contributed by atoms with Crippen LogP contribution in [0, 0.1) is 0 Å². The second kappa shape index (κ2) is 46.1. The van der Waals surface area contributed by atoms with E-state index in [1.807, 2.05) is 6.08 Å². The fourth-order valence-electron chi connectivity index (χ4n) is 6.78. The number of unbranched alkanes of at least 4 members (excludes halogenated alkanes) is 18. The molecule has 0 fully saturated rings. The number of rotatable bonds is 42. The Bertz CT molecular complexity index is 1150. The molecule has 0 aromatic carbocycles. The van der Waals surface area contributed by atoms with E-state index in [1.165, 1.54) is 96.3 Å². The predicted octanol–water partition coefficient (Wildman–Crippen LogP) is 14.4. The zero-order chi connectivity index (χ0) is 43.1. The molecule has 3 unspecified atom stereocenters. The Morgan fingerprint density at radius 2 is 0.949 bits per heavy atom. The molecular weight excluding hydrogens is 731 g/mol. The van der Waals surface area contributed by atoms with Crippen LogP contribution >= 0.6 is 0 Å². The van der Waals surface area contributed by atoms with Crippen LogP contribution < -0.4 is 5.32 Å². The van der Waals surface area contributed by atoms with Crippen LogP contribution in [0.4, 0.5) is 0 Å². The Hall–Kier alpha value is -2.96. The van der Waals surface area contributed by atoms with E-state index < -0.39 is 18.2 Å². The molecule has 0 radical (unpaired) electrons. The molecule has 59 heavy (non-hydrogen) atoms. The Morgan fingerprint density at radius 3 is 1.44 bits per heavy atom. The third kappa shape index (κ3) is 41.6. The normalized spacial score (nSPS) is 14.1. The molecule has 0 saturated carbocycles. The molecule has 3 atom stereocenters. The van der Waals surface area contributed by atoms with Gasteiger partial charge < -0.3 is 20.3 Å². The number of carbonyl (C=O) groups excluding carboxylic acids is 2. The first-order valence-electron chi connectivity index (χ1n) is 24.3. The number of allylic oxidation sites excluding steroid dienone is 13. The maximum absolute atomic E-state index is 13.1. The lowest BCUT2D eigenvalue weighted by Gasteiger charge is -2.23. The van der Waals surface area contributed by atoms with Crippen molar-refractivity contribution in [2.75, 3.05) is 6.61 Å². The first-order valence-corrected chi connectivity index (χ1v) is 24.3. The molecule has 3 N–H and O–H groups in total. The molecule has 0 aliphatic carbocycles. The highest BCUT2D eigenvalue weighted by Crippen LogP contribution is 2.15. The highest BCUT2D eigenvalue weighted by Gasteiger charge is 2.23. The average Bonchev–Trinajstić information content (AvgIpc) is 3.23. The minimum atomic E-state index is -0.823. The van der Waals surface area contributed by atoms with Crippen LogP contribution in [0.2, 0.25) is 0 Å². The Morgan fingerprint density at radius 1 is 0.525 bits per heavy atom. The van der Waals surface area contributed by atoms with Crippen LogP contribution in [-0.4, -0.2) is 46.9 Å². The van der Waals surface area contributed by atoms with E-state index in [0.29, 0.717) is 19.3 Å². The van der Waals surface area contributed by atoms with Gasteiger partial charge in [-0.2, -0.15) is 0 Å². The average molecular weight is 822 g/mol. The molecule has 338 valence electrons. The van der Waals surface area contributed by atoms with E-state index in [-0.39, 0.29) is 31.3 Å². The van der Waals surface area contributed by atoms with Gasteiger partial charge in [-0.05, 0) is 76.7 Å². The standard InChI is InChI=1S/C53H91NO5/c1-4-7-10-13-16-19-22-24-25-26-27-28-31-34-37-40-43-46-53(58)59-49(44-41-38-35-32-29-21-18-15-12-9-6-3)47-52(57)54-50(48-55)51(56)45-42-39-36-33-30-23-20-17-14-11-8-5-2/h7,10,16,19,24-25,27-28,32,34-35,37,41,44,49-51,55-56H,4-6,8-9,11-15,17-18,20-23,26,29-31,33,36,38-40,42-43,45-48H2,1-3H3,(H,54,57)/b10-7-,19-16-,25-24-,28-27-,35-32-,37-34-,44-41+. The van der Waals surface area contributed by atoms with Crippen molar-refractivity contribution < 1.29 is 24.5 Å². The van der Waals surface area contributed by atoms with Crippen molar-refractivity contribution in [1.82, 2.24) is 5.32 Å². The van der Waals surface area contributed by atoms with Crippen LogP contribution in [0.5, 0.6) is 0 Å². The molecule has 6 nitrogen and oxygen atoms in total. The number of esters is 1. The summed E-state index contributed by atoms with van der Waals surface area (Å²) in [5, 5.41) is 23.6. The molecule has 0 saturated heterocycles. The molecule has 0 rings (SSSR count). The third-order valence-corrected chi connectivity index (χ3v) is 10.5. The molecule has 1 amide bonds. The van der Waals surface area contributed by atoms with Gasteiger partial charge in [0.15, 0.2) is 0 Å². The van der Waals surface area contributed by atoms with Crippen LogP contribution in [0.15, 0.2) is 85.1 Å². The largest absolute Gasteiger partial charge is 0.458 e. The Balaban J connectivity index is 4.74. The summed E-state index contributed by atoms with van der Waals surface area (Å²) in [6.45, 7) is 6.29. The van der Waals surface area contributed by atoms with Gasteiger partial charge in [-0.1, -0.05) is 209 Å². The fraction of sp³-hybridized carbons (Fsp3) is 0.698. The fourth-order valence-corrected chi connectivity index (χ4v) is 6.78. The minimum absolute atomic E-state index is 0.0552. The monoisotopic (exact) mass is 822 g/mol. The summed E-state index contributed by atoms with van der Waals surface area (Å²) in [7, 11) is 0. The predicted molar refractivity (Wildman–Crippen MR) is 254 cm³/mol. The molecule has 6 heteroatoms. The van der Waals surface area contributed by atoms with Crippen LogP contribution in [-0.2, 0) is 14.3 Å². The number of carbonyl (C=O) groups is 2. The van der Waals surface area contributed by atoms with Gasteiger partial charge in [0.05, 0.1) is 25.2 Å². The van der Waals surface area contributed by atoms with E-state index in [2.05, 4.69) is 99.0 Å². The highest BCUT2D eigenvalue weighted by atomic mass is 16.5. The van der Waals surface area contributed by atoms with Gasteiger partial charge in [0.2, 0.25) is 5.91 Å². The summed E-state index contributed by atoms with van der Waals surface area (Å²) < 4.78 is 5.78. The van der Waals surface area contributed by atoms with Gasteiger partial charge in [-0.15, -0.1) is 0 Å². The zero-order valence-corrected chi connectivity index (χ0v) is 38.4. The molecule has 0 aliphatic rings. The maximum atomic E-state index is 13.1. The van der Waals surface area contributed by atoms with E-state index in [9.17, 15) is 19.8 Å². The van der Waals surface area contributed by atoms with Crippen molar-refractivity contribution in [1.29, 1.82) is 0 Å². The third-order valence-electron chi connectivity index (χ3n) is 10.5. The van der Waals surface area contributed by atoms with Crippen molar-refractivity contribution in [2.24, 2.45) is 0 Å². The summed E-state index contributed by atoms with van der Waals surface area (Å²) in [6, 6.07) is -0.746. The second-order valence-electron chi connectivity index (χ2n) is 16.1. The number of nitrogens with one attached hydrogen (secondary N) is 1. The second-order valence-corrected chi connectivity index (χ2v) is 16.1. The number of aliphatic hydroxyl groups is 2. The number of hydrogen-bond acceptors (Lipinski definition) is 5. The van der Waals surface area contributed by atoms with Gasteiger partial charge in [0.1, 0.15) is 6.10 Å². The van der Waals surface area contributed by atoms with Gasteiger partial charge in [0, 0.05) is 6.42 Å². The molecule has 0 bridgehead atoms. The van der Waals surface area contributed by atoms with E-state index in [0.717, 1.165) is 64.2 Å². The first-order chi connectivity index (χ1) is 29.0. The van der Waals surface area contributed by atoms with Gasteiger partial charge in [-0.25, -0.2) is 0 Å². The maximum Gasteiger partial charge on any atom is 0.306 e. The Kier molecular flexibility index (Phi) is 43.8. The van der Waals surface area contributed by atoms with Crippen molar-refractivity contribution in [3.05, 3.63) is 85.1 Å². The van der Waals surface area contributed by atoms with Gasteiger partial charge in [-0.3, -0.25) is 9.59 Å². The lowest BCUT2D eigenvalue weighted by atomic mass is 10.0. The van der Waals surface area contributed by atoms with E-state index >= 15 is 0 Å². The van der Waals surface area contributed by atoms with Crippen molar-refractivity contribution >= 4 is 11.9 Å². The highest BCUT2D eigenvalue weighted by molar-refractivity contribution is 5.78.